The molecule has 0 aliphatic rings. The Morgan fingerprint density at radius 3 is 2.03 bits per heavy atom. The Balaban J connectivity index is 1.59. The molecule has 1 unspecified atom stereocenters. The van der Waals surface area contributed by atoms with E-state index in [0.29, 0.717) is 12.4 Å². The molecule has 0 aliphatic carbocycles. The molecule has 0 N–H and O–H groups in total. The maximum atomic E-state index is 14.4. The molecule has 0 aliphatic heterocycles. The minimum Gasteiger partial charge on any atom is -0.494 e. The van der Waals surface area contributed by atoms with Crippen LogP contribution in [0.4, 0.5) is 4.39 Å². The fraction of sp³-hybridized carbons (Fsp3) is 0.310. The van der Waals surface area contributed by atoms with Crippen LogP contribution in [0.3, 0.4) is 0 Å². The number of halogens is 2. The average Bonchev–Trinajstić information content (AvgIpc) is 2.88. The van der Waals surface area contributed by atoms with Crippen molar-refractivity contribution in [3.63, 3.8) is 0 Å². The van der Waals surface area contributed by atoms with Crippen molar-refractivity contribution in [2.45, 2.75) is 45.4 Å². The second kappa shape index (κ2) is 13.1. The first-order valence-electron chi connectivity index (χ1n) is 12.0. The summed E-state index contributed by atoms with van der Waals surface area (Å²) in [5, 5.41) is -0.904. The zero-order valence-corrected chi connectivity index (χ0v) is 21.4. The van der Waals surface area contributed by atoms with Gasteiger partial charge in [0.25, 0.3) is 0 Å². The quantitative estimate of drug-likeness (QED) is 0.115. The highest BCUT2D eigenvalue weighted by Crippen LogP contribution is 2.26. The van der Waals surface area contributed by atoms with Crippen LogP contribution in [0.1, 0.15) is 50.4 Å². The molecule has 1 atom stereocenters. The molecule has 0 bridgehead atoms. The first-order chi connectivity index (χ1) is 17.3. The molecule has 36 heavy (non-hydrogen) atoms. The van der Waals surface area contributed by atoms with Crippen molar-refractivity contribution in [2.75, 3.05) is 6.61 Å². The number of hydrogen-bond acceptors (Lipinski definition) is 5. The summed E-state index contributed by atoms with van der Waals surface area (Å²) < 4.78 is 30.5. The molecule has 0 saturated carbocycles. The predicted molar refractivity (Wildman–Crippen MR) is 138 cm³/mol. The average molecular weight is 513 g/mol. The predicted octanol–water partition coefficient (Wildman–Crippen LogP) is 7.45. The summed E-state index contributed by atoms with van der Waals surface area (Å²) in [6.45, 7) is 6.37. The van der Waals surface area contributed by atoms with Crippen molar-refractivity contribution in [3.05, 3.63) is 78.1 Å². The molecular formula is C29H30ClFO5. The lowest BCUT2D eigenvalue weighted by Crippen LogP contribution is -2.25. The van der Waals surface area contributed by atoms with Gasteiger partial charge < -0.3 is 14.2 Å². The summed E-state index contributed by atoms with van der Waals surface area (Å²) in [6, 6.07) is 18.3. The van der Waals surface area contributed by atoms with E-state index in [1.54, 1.807) is 26.0 Å². The number of unbranched alkanes of at least 4 members (excludes halogenated alkanes) is 2. The Kier molecular flexibility index (Phi) is 9.88. The van der Waals surface area contributed by atoms with E-state index in [0.717, 1.165) is 42.2 Å². The van der Waals surface area contributed by atoms with Crippen molar-refractivity contribution in [1.29, 1.82) is 0 Å². The standard InChI is InChI=1S/C29H30ClFO5/c1-4-5-6-17-34-23-12-7-20(8-13-23)21-9-14-24(15-10-21)35-28(32)22-11-16-26(25(31)18-22)36-29(33)27(30)19(2)3/h7-16,18-19,27H,4-6,17H2,1-3H3. The fourth-order valence-corrected chi connectivity index (χ4v) is 3.36. The van der Waals surface area contributed by atoms with E-state index >= 15 is 0 Å². The van der Waals surface area contributed by atoms with Gasteiger partial charge in [0, 0.05) is 0 Å². The van der Waals surface area contributed by atoms with Crippen LogP contribution < -0.4 is 14.2 Å². The second-order valence-electron chi connectivity index (χ2n) is 8.71. The molecule has 190 valence electrons. The molecule has 3 rings (SSSR count). The molecule has 0 amide bonds. The number of hydrogen-bond donors (Lipinski definition) is 0. The Labute approximate surface area is 216 Å². The van der Waals surface area contributed by atoms with Gasteiger partial charge in [0.15, 0.2) is 11.6 Å². The third-order valence-electron chi connectivity index (χ3n) is 5.46. The van der Waals surface area contributed by atoms with E-state index < -0.39 is 23.1 Å². The summed E-state index contributed by atoms with van der Waals surface area (Å²) in [5.74, 6) is -1.68. The van der Waals surface area contributed by atoms with Gasteiger partial charge in [-0.2, -0.15) is 0 Å². The van der Waals surface area contributed by atoms with Crippen LogP contribution in [-0.2, 0) is 4.79 Å². The Morgan fingerprint density at radius 2 is 1.47 bits per heavy atom. The van der Waals surface area contributed by atoms with Crippen LogP contribution in [0.25, 0.3) is 11.1 Å². The molecule has 0 spiro atoms. The van der Waals surface area contributed by atoms with Gasteiger partial charge in [-0.25, -0.2) is 9.18 Å². The number of esters is 2. The zero-order valence-electron chi connectivity index (χ0n) is 20.6. The highest BCUT2D eigenvalue weighted by molar-refractivity contribution is 6.30. The smallest absolute Gasteiger partial charge is 0.343 e. The molecule has 7 heteroatoms. The maximum Gasteiger partial charge on any atom is 0.343 e. The summed E-state index contributed by atoms with van der Waals surface area (Å²) in [4.78, 5) is 24.4. The zero-order chi connectivity index (χ0) is 26.1. The van der Waals surface area contributed by atoms with E-state index in [2.05, 4.69) is 6.92 Å². The van der Waals surface area contributed by atoms with Crippen molar-refractivity contribution >= 4 is 23.5 Å². The van der Waals surface area contributed by atoms with E-state index in [1.807, 2.05) is 36.4 Å². The van der Waals surface area contributed by atoms with Gasteiger partial charge in [0.1, 0.15) is 16.9 Å². The number of carbonyl (C=O) groups excluding carboxylic acids is 2. The van der Waals surface area contributed by atoms with Gasteiger partial charge in [-0.1, -0.05) is 57.9 Å². The minimum absolute atomic E-state index is 0.0165. The molecular weight excluding hydrogens is 483 g/mol. The number of carbonyl (C=O) groups is 2. The van der Waals surface area contributed by atoms with E-state index in [1.165, 1.54) is 12.1 Å². The van der Waals surface area contributed by atoms with Crippen molar-refractivity contribution in [1.82, 2.24) is 0 Å². The molecule has 0 saturated heterocycles. The van der Waals surface area contributed by atoms with Gasteiger partial charge in [-0.15, -0.1) is 11.6 Å². The third kappa shape index (κ3) is 7.56. The van der Waals surface area contributed by atoms with Gasteiger partial charge >= 0.3 is 11.9 Å². The largest absolute Gasteiger partial charge is 0.494 e. The number of ether oxygens (including phenoxy) is 3. The fourth-order valence-electron chi connectivity index (χ4n) is 3.31. The molecule has 0 aromatic heterocycles. The van der Waals surface area contributed by atoms with Gasteiger partial charge in [-0.05, 0) is 65.9 Å². The topological polar surface area (TPSA) is 61.8 Å². The van der Waals surface area contributed by atoms with Gasteiger partial charge in [0.05, 0.1) is 12.2 Å². The second-order valence-corrected chi connectivity index (χ2v) is 9.18. The highest BCUT2D eigenvalue weighted by atomic mass is 35.5. The van der Waals surface area contributed by atoms with Crippen LogP contribution in [0.5, 0.6) is 17.2 Å². The summed E-state index contributed by atoms with van der Waals surface area (Å²) in [5.41, 5.74) is 1.93. The minimum atomic E-state index is -0.904. The van der Waals surface area contributed by atoms with Crippen LogP contribution >= 0.6 is 11.6 Å². The summed E-state index contributed by atoms with van der Waals surface area (Å²) in [7, 11) is 0. The summed E-state index contributed by atoms with van der Waals surface area (Å²) >= 11 is 5.95. The first-order valence-corrected chi connectivity index (χ1v) is 12.4. The Bertz CT molecular complexity index is 1160. The van der Waals surface area contributed by atoms with E-state index in [-0.39, 0.29) is 17.2 Å². The van der Waals surface area contributed by atoms with Crippen LogP contribution in [0, 0.1) is 11.7 Å². The summed E-state index contributed by atoms with van der Waals surface area (Å²) in [6.07, 6.45) is 3.34. The van der Waals surface area contributed by atoms with Crippen molar-refractivity contribution < 1.29 is 28.2 Å². The van der Waals surface area contributed by atoms with Crippen molar-refractivity contribution in [2.24, 2.45) is 5.92 Å². The molecule has 3 aromatic carbocycles. The highest BCUT2D eigenvalue weighted by Gasteiger charge is 2.23. The lowest BCUT2D eigenvalue weighted by Gasteiger charge is -2.13. The molecule has 5 nitrogen and oxygen atoms in total. The number of rotatable bonds is 11. The lowest BCUT2D eigenvalue weighted by atomic mass is 10.1. The van der Waals surface area contributed by atoms with Gasteiger partial charge in [0.2, 0.25) is 0 Å². The van der Waals surface area contributed by atoms with E-state index in [4.69, 9.17) is 25.8 Å². The lowest BCUT2D eigenvalue weighted by molar-refractivity contribution is -0.134. The van der Waals surface area contributed by atoms with Crippen LogP contribution in [-0.4, -0.2) is 23.9 Å². The van der Waals surface area contributed by atoms with Crippen LogP contribution in [0.2, 0.25) is 0 Å². The molecule has 0 radical (unpaired) electrons. The molecule has 0 fully saturated rings. The molecule has 3 aromatic rings. The molecule has 0 heterocycles. The maximum absolute atomic E-state index is 14.4. The Morgan fingerprint density at radius 1 is 0.861 bits per heavy atom. The first kappa shape index (κ1) is 27.2. The SMILES string of the molecule is CCCCCOc1ccc(-c2ccc(OC(=O)c3ccc(OC(=O)C(Cl)C(C)C)c(F)c3)cc2)cc1. The number of benzene rings is 3. The van der Waals surface area contributed by atoms with Crippen molar-refractivity contribution in [3.8, 4) is 28.4 Å². The van der Waals surface area contributed by atoms with Gasteiger partial charge in [-0.3, -0.25) is 4.79 Å². The Hall–Kier alpha value is -3.38. The third-order valence-corrected chi connectivity index (χ3v) is 6.14. The van der Waals surface area contributed by atoms with Crippen LogP contribution in [0.15, 0.2) is 66.7 Å². The van der Waals surface area contributed by atoms with E-state index in [9.17, 15) is 14.0 Å². The normalized spacial score (nSPS) is 11.7. The monoisotopic (exact) mass is 512 g/mol. The number of alkyl halides is 1.